The van der Waals surface area contributed by atoms with Crippen LogP contribution in [0.2, 0.25) is 5.02 Å². The molecule has 3 aromatic rings. The van der Waals surface area contributed by atoms with E-state index >= 15 is 0 Å². The van der Waals surface area contributed by atoms with Gasteiger partial charge in [-0.05, 0) is 59.4 Å². The van der Waals surface area contributed by atoms with Crippen molar-refractivity contribution in [3.05, 3.63) is 81.0 Å². The summed E-state index contributed by atoms with van der Waals surface area (Å²) < 4.78 is 13.4. The summed E-state index contributed by atoms with van der Waals surface area (Å²) in [6.07, 6.45) is 3.59. The molecule has 0 spiro atoms. The number of halogens is 2. The van der Waals surface area contributed by atoms with Gasteiger partial charge >= 0.3 is 0 Å². The van der Waals surface area contributed by atoms with E-state index in [1.807, 2.05) is 30.5 Å². The predicted molar refractivity (Wildman–Crippen MR) is 102 cm³/mol. The van der Waals surface area contributed by atoms with Crippen LogP contribution in [0.15, 0.2) is 53.5 Å². The minimum atomic E-state index is -0.392. The molecule has 3 rings (SSSR count). The Balaban J connectivity index is 1.95. The standard InChI is InChI=1S/C21H21ClFNO/c1-3-15(13(2)10-14-8-9-20(23)19(22)11-14)18-12-24-21(25)17-7-5-4-6-16(17)18/h4-9,11-13,15H,3,10H2,1-2H3,(H,24,25). The summed E-state index contributed by atoms with van der Waals surface area (Å²) in [6.45, 7) is 4.34. The lowest BCUT2D eigenvalue weighted by atomic mass is 9.80. The summed E-state index contributed by atoms with van der Waals surface area (Å²) in [4.78, 5) is 14.9. The zero-order valence-corrected chi connectivity index (χ0v) is 15.1. The fraction of sp³-hybridized carbons (Fsp3) is 0.286. The minimum Gasteiger partial charge on any atom is -0.328 e. The highest BCUT2D eigenvalue weighted by Gasteiger charge is 2.21. The molecule has 0 amide bonds. The Kier molecular flexibility index (Phi) is 5.24. The van der Waals surface area contributed by atoms with Gasteiger partial charge in [-0.25, -0.2) is 4.39 Å². The molecule has 0 aliphatic carbocycles. The molecule has 1 heterocycles. The highest BCUT2D eigenvalue weighted by molar-refractivity contribution is 6.30. The van der Waals surface area contributed by atoms with E-state index in [1.165, 1.54) is 6.07 Å². The molecule has 2 nitrogen and oxygen atoms in total. The zero-order chi connectivity index (χ0) is 18.0. The van der Waals surface area contributed by atoms with Crippen LogP contribution in [0, 0.1) is 11.7 Å². The van der Waals surface area contributed by atoms with E-state index in [9.17, 15) is 9.18 Å². The monoisotopic (exact) mass is 357 g/mol. The maximum absolute atomic E-state index is 13.4. The molecule has 0 aliphatic heterocycles. The summed E-state index contributed by atoms with van der Waals surface area (Å²) in [6, 6.07) is 12.6. The molecule has 0 radical (unpaired) electrons. The van der Waals surface area contributed by atoms with Crippen LogP contribution >= 0.6 is 11.6 Å². The summed E-state index contributed by atoms with van der Waals surface area (Å²) in [5.74, 6) is 0.211. The van der Waals surface area contributed by atoms with Gasteiger partial charge in [0.25, 0.3) is 5.56 Å². The molecule has 0 bridgehead atoms. The fourth-order valence-electron chi connectivity index (χ4n) is 3.65. The number of hydrogen-bond acceptors (Lipinski definition) is 1. The second-order valence-electron chi connectivity index (χ2n) is 6.56. The molecule has 2 atom stereocenters. The van der Waals surface area contributed by atoms with Crippen LogP contribution < -0.4 is 5.56 Å². The van der Waals surface area contributed by atoms with Gasteiger partial charge in [-0.3, -0.25) is 4.79 Å². The molecule has 2 aromatic carbocycles. The second-order valence-corrected chi connectivity index (χ2v) is 6.97. The molecular weight excluding hydrogens is 337 g/mol. The molecule has 4 heteroatoms. The van der Waals surface area contributed by atoms with E-state index in [4.69, 9.17) is 11.6 Å². The number of hydrogen-bond donors (Lipinski definition) is 1. The number of nitrogens with one attached hydrogen (secondary N) is 1. The van der Waals surface area contributed by atoms with E-state index < -0.39 is 5.82 Å². The molecule has 25 heavy (non-hydrogen) atoms. The predicted octanol–water partition coefficient (Wildman–Crippen LogP) is 5.69. The highest BCUT2D eigenvalue weighted by Crippen LogP contribution is 2.34. The molecule has 130 valence electrons. The molecule has 0 aliphatic rings. The lowest BCUT2D eigenvalue weighted by Crippen LogP contribution is -2.15. The van der Waals surface area contributed by atoms with Crippen LogP contribution in [0.3, 0.4) is 0 Å². The molecular formula is C21H21ClFNO. The quantitative estimate of drug-likeness (QED) is 0.624. The Labute approximate surface area is 151 Å². The molecule has 0 fully saturated rings. The molecule has 2 unspecified atom stereocenters. The van der Waals surface area contributed by atoms with Gasteiger partial charge in [0.1, 0.15) is 5.82 Å². The summed E-state index contributed by atoms with van der Waals surface area (Å²) in [5.41, 5.74) is 2.11. The van der Waals surface area contributed by atoms with Gasteiger partial charge in [-0.15, -0.1) is 0 Å². The zero-order valence-electron chi connectivity index (χ0n) is 14.4. The van der Waals surface area contributed by atoms with Crippen molar-refractivity contribution in [2.75, 3.05) is 0 Å². The first-order valence-corrected chi connectivity index (χ1v) is 8.93. The van der Waals surface area contributed by atoms with E-state index in [1.54, 1.807) is 12.1 Å². The largest absolute Gasteiger partial charge is 0.328 e. The maximum atomic E-state index is 13.4. The number of pyridine rings is 1. The van der Waals surface area contributed by atoms with Crippen LogP contribution in [-0.4, -0.2) is 4.98 Å². The first-order chi connectivity index (χ1) is 12.0. The first-order valence-electron chi connectivity index (χ1n) is 8.55. The van der Waals surface area contributed by atoms with E-state index in [0.717, 1.165) is 34.7 Å². The first kappa shape index (κ1) is 17.7. The molecule has 1 N–H and O–H groups in total. The van der Waals surface area contributed by atoms with Gasteiger partial charge in [-0.1, -0.05) is 49.7 Å². The van der Waals surface area contributed by atoms with Crippen molar-refractivity contribution in [2.45, 2.75) is 32.6 Å². The number of benzene rings is 2. The van der Waals surface area contributed by atoms with Crippen LogP contribution in [0.5, 0.6) is 0 Å². The van der Waals surface area contributed by atoms with Gasteiger partial charge in [0.15, 0.2) is 0 Å². The van der Waals surface area contributed by atoms with E-state index in [-0.39, 0.29) is 16.5 Å². The van der Waals surface area contributed by atoms with E-state index in [2.05, 4.69) is 18.8 Å². The van der Waals surface area contributed by atoms with Crippen molar-refractivity contribution >= 4 is 22.4 Å². The maximum Gasteiger partial charge on any atom is 0.255 e. The summed E-state index contributed by atoms with van der Waals surface area (Å²) in [5, 5.41) is 1.88. The smallest absolute Gasteiger partial charge is 0.255 e. The minimum absolute atomic E-state index is 0.0628. The highest BCUT2D eigenvalue weighted by atomic mass is 35.5. The fourth-order valence-corrected chi connectivity index (χ4v) is 3.85. The van der Waals surface area contributed by atoms with Gasteiger partial charge in [0.2, 0.25) is 0 Å². The van der Waals surface area contributed by atoms with Gasteiger partial charge < -0.3 is 4.98 Å². The van der Waals surface area contributed by atoms with Crippen molar-refractivity contribution in [1.29, 1.82) is 0 Å². The average Bonchev–Trinajstić information content (AvgIpc) is 2.61. The van der Waals surface area contributed by atoms with Crippen molar-refractivity contribution in [3.8, 4) is 0 Å². The van der Waals surface area contributed by atoms with Crippen LogP contribution in [0.1, 0.15) is 37.3 Å². The lowest BCUT2D eigenvalue weighted by Gasteiger charge is -2.24. The van der Waals surface area contributed by atoms with Crippen molar-refractivity contribution in [2.24, 2.45) is 5.92 Å². The number of aromatic nitrogens is 1. The van der Waals surface area contributed by atoms with Crippen LogP contribution in [0.25, 0.3) is 10.8 Å². The Morgan fingerprint density at radius 3 is 2.56 bits per heavy atom. The van der Waals surface area contributed by atoms with Gasteiger partial charge in [0.05, 0.1) is 5.02 Å². The number of fused-ring (bicyclic) bond motifs is 1. The van der Waals surface area contributed by atoms with Crippen LogP contribution in [-0.2, 0) is 6.42 Å². The Hall–Kier alpha value is -2.13. The molecule has 0 saturated heterocycles. The SMILES string of the molecule is CCC(c1c[nH]c(=O)c2ccccc12)C(C)Cc1ccc(F)c(Cl)c1. The Morgan fingerprint density at radius 2 is 1.88 bits per heavy atom. The topological polar surface area (TPSA) is 32.9 Å². The third kappa shape index (κ3) is 3.62. The van der Waals surface area contributed by atoms with Crippen LogP contribution in [0.4, 0.5) is 4.39 Å². The van der Waals surface area contributed by atoms with Crippen molar-refractivity contribution in [3.63, 3.8) is 0 Å². The van der Waals surface area contributed by atoms with Crippen molar-refractivity contribution in [1.82, 2.24) is 4.98 Å². The average molecular weight is 358 g/mol. The molecule has 0 saturated carbocycles. The molecule has 1 aromatic heterocycles. The Bertz CT molecular complexity index is 950. The normalized spacial score (nSPS) is 13.8. The lowest BCUT2D eigenvalue weighted by molar-refractivity contribution is 0.446. The van der Waals surface area contributed by atoms with Gasteiger partial charge in [-0.2, -0.15) is 0 Å². The summed E-state index contributed by atoms with van der Waals surface area (Å²) >= 11 is 5.91. The van der Waals surface area contributed by atoms with Crippen molar-refractivity contribution < 1.29 is 4.39 Å². The number of rotatable bonds is 5. The summed E-state index contributed by atoms with van der Waals surface area (Å²) in [7, 11) is 0. The third-order valence-electron chi connectivity index (χ3n) is 4.91. The van der Waals surface area contributed by atoms with E-state index in [0.29, 0.717) is 5.92 Å². The number of H-pyrrole nitrogens is 1. The Morgan fingerprint density at radius 1 is 1.16 bits per heavy atom. The number of aromatic amines is 1. The third-order valence-corrected chi connectivity index (χ3v) is 5.20. The van der Waals surface area contributed by atoms with Gasteiger partial charge in [0, 0.05) is 11.6 Å². The second kappa shape index (κ2) is 7.40.